The lowest BCUT2D eigenvalue weighted by Crippen LogP contribution is -2.75. The van der Waals surface area contributed by atoms with Gasteiger partial charge in [0.2, 0.25) is 0 Å². The number of nitrogens with one attached hydrogen (secondary N) is 1. The predicted molar refractivity (Wildman–Crippen MR) is 72.2 cm³/mol. The molecule has 2 aliphatic rings. The maximum atomic E-state index is 12.3. The monoisotopic (exact) mass is 270 g/mol. The molecule has 3 N–H and O–H groups in total. The van der Waals surface area contributed by atoms with Crippen LogP contribution in [0.1, 0.15) is 52.9 Å². The summed E-state index contributed by atoms with van der Waals surface area (Å²) >= 11 is 0. The van der Waals surface area contributed by atoms with E-state index in [2.05, 4.69) is 5.48 Å². The number of hydrogen-bond donors (Lipinski definition) is 2. The molecule has 0 bridgehead atoms. The Morgan fingerprint density at radius 2 is 2.00 bits per heavy atom. The van der Waals surface area contributed by atoms with Crippen molar-refractivity contribution in [2.45, 2.75) is 70.6 Å². The van der Waals surface area contributed by atoms with Gasteiger partial charge in [0.1, 0.15) is 5.54 Å². The van der Waals surface area contributed by atoms with E-state index < -0.39 is 5.54 Å². The van der Waals surface area contributed by atoms with Crippen LogP contribution in [0.5, 0.6) is 0 Å². The van der Waals surface area contributed by atoms with E-state index >= 15 is 0 Å². The smallest absolute Gasteiger partial charge is 0.264 e. The van der Waals surface area contributed by atoms with Crippen molar-refractivity contribution in [2.75, 3.05) is 6.61 Å². The van der Waals surface area contributed by atoms with E-state index in [9.17, 15) is 4.79 Å². The SMILES string of the molecule is CCOC1CC(N)(C(=O)NOC2CCCC2)C1(C)C. The lowest BCUT2D eigenvalue weighted by atomic mass is 9.54. The van der Waals surface area contributed by atoms with Crippen LogP contribution in [0.15, 0.2) is 0 Å². The molecule has 110 valence electrons. The molecular weight excluding hydrogens is 244 g/mol. The Balaban J connectivity index is 1.87. The van der Waals surface area contributed by atoms with Crippen LogP contribution < -0.4 is 11.2 Å². The highest BCUT2D eigenvalue weighted by molar-refractivity contribution is 5.88. The summed E-state index contributed by atoms with van der Waals surface area (Å²) in [6.45, 7) is 6.55. The molecule has 0 radical (unpaired) electrons. The lowest BCUT2D eigenvalue weighted by Gasteiger charge is -2.57. The van der Waals surface area contributed by atoms with E-state index in [4.69, 9.17) is 15.3 Å². The minimum absolute atomic E-state index is 0.0414. The van der Waals surface area contributed by atoms with Crippen molar-refractivity contribution in [3.05, 3.63) is 0 Å². The topological polar surface area (TPSA) is 73.6 Å². The van der Waals surface area contributed by atoms with Crippen LogP contribution in [0.3, 0.4) is 0 Å². The number of nitrogens with two attached hydrogens (primary N) is 1. The number of rotatable bonds is 5. The molecule has 2 fully saturated rings. The van der Waals surface area contributed by atoms with E-state index in [1.165, 1.54) is 12.8 Å². The van der Waals surface area contributed by atoms with Crippen molar-refractivity contribution >= 4 is 5.91 Å². The fourth-order valence-electron chi connectivity index (χ4n) is 3.05. The van der Waals surface area contributed by atoms with E-state index in [-0.39, 0.29) is 23.5 Å². The number of hydrogen-bond acceptors (Lipinski definition) is 4. The molecule has 5 heteroatoms. The van der Waals surface area contributed by atoms with Crippen molar-refractivity contribution in [3.63, 3.8) is 0 Å². The zero-order chi connectivity index (χ0) is 14.1. The van der Waals surface area contributed by atoms with Gasteiger partial charge in [-0.2, -0.15) is 0 Å². The minimum Gasteiger partial charge on any atom is -0.378 e. The second-order valence-electron chi connectivity index (χ2n) is 6.30. The van der Waals surface area contributed by atoms with Gasteiger partial charge in [-0.1, -0.05) is 26.7 Å². The first-order valence-corrected chi connectivity index (χ1v) is 7.28. The number of amides is 1. The standard InChI is InChI=1S/C14H26N2O3/c1-4-18-11-9-14(15,13(11,2)3)12(17)16-19-10-7-5-6-8-10/h10-11H,4-9,15H2,1-3H3,(H,16,17). The van der Waals surface area contributed by atoms with Gasteiger partial charge in [0.15, 0.2) is 0 Å². The maximum Gasteiger partial charge on any atom is 0.264 e. The summed E-state index contributed by atoms with van der Waals surface area (Å²) < 4.78 is 5.62. The van der Waals surface area contributed by atoms with Crippen LogP contribution in [0.25, 0.3) is 0 Å². The van der Waals surface area contributed by atoms with Crippen LogP contribution in [-0.2, 0) is 14.4 Å². The van der Waals surface area contributed by atoms with Crippen LogP contribution in [0.4, 0.5) is 0 Å². The third kappa shape index (κ3) is 2.51. The first-order chi connectivity index (χ1) is 8.91. The summed E-state index contributed by atoms with van der Waals surface area (Å²) in [4.78, 5) is 17.7. The molecule has 0 aromatic rings. The van der Waals surface area contributed by atoms with E-state index in [1.54, 1.807) is 0 Å². The molecule has 2 unspecified atom stereocenters. The zero-order valence-corrected chi connectivity index (χ0v) is 12.2. The zero-order valence-electron chi connectivity index (χ0n) is 12.2. The summed E-state index contributed by atoms with van der Waals surface area (Å²) in [5.74, 6) is -0.222. The summed E-state index contributed by atoms with van der Waals surface area (Å²) in [7, 11) is 0. The van der Waals surface area contributed by atoms with Gasteiger partial charge in [0.25, 0.3) is 5.91 Å². The Bertz CT molecular complexity index is 340. The van der Waals surface area contributed by atoms with Gasteiger partial charge in [-0.05, 0) is 19.8 Å². The molecule has 0 aromatic carbocycles. The fourth-order valence-corrected chi connectivity index (χ4v) is 3.05. The van der Waals surface area contributed by atoms with Crippen molar-refractivity contribution in [1.82, 2.24) is 5.48 Å². The summed E-state index contributed by atoms with van der Waals surface area (Å²) in [5, 5.41) is 0. The molecule has 2 saturated carbocycles. The Labute approximate surface area is 115 Å². The Kier molecular flexibility index (Phi) is 4.18. The average Bonchev–Trinajstić information content (AvgIpc) is 2.88. The number of hydroxylamine groups is 1. The minimum atomic E-state index is -0.897. The molecule has 0 aromatic heterocycles. The molecule has 0 heterocycles. The number of carbonyl (C=O) groups excluding carboxylic acids is 1. The van der Waals surface area contributed by atoms with Crippen LogP contribution >= 0.6 is 0 Å². The first kappa shape index (κ1) is 14.8. The molecule has 19 heavy (non-hydrogen) atoms. The number of ether oxygens (including phenoxy) is 1. The molecule has 1 amide bonds. The van der Waals surface area contributed by atoms with Gasteiger partial charge in [0, 0.05) is 18.4 Å². The molecule has 0 aliphatic heterocycles. The molecule has 2 atom stereocenters. The first-order valence-electron chi connectivity index (χ1n) is 7.28. The van der Waals surface area contributed by atoms with Gasteiger partial charge in [-0.15, -0.1) is 0 Å². The predicted octanol–water partition coefficient (Wildman–Crippen LogP) is 1.51. The second-order valence-corrected chi connectivity index (χ2v) is 6.30. The molecular formula is C14H26N2O3. The van der Waals surface area contributed by atoms with Gasteiger partial charge in [-0.3, -0.25) is 9.63 Å². The molecule has 2 aliphatic carbocycles. The molecule has 2 rings (SSSR count). The fraction of sp³-hybridized carbons (Fsp3) is 0.929. The Morgan fingerprint density at radius 3 is 2.53 bits per heavy atom. The average molecular weight is 270 g/mol. The summed E-state index contributed by atoms with van der Waals surface area (Å²) in [6, 6.07) is 0. The van der Waals surface area contributed by atoms with Gasteiger partial charge in [-0.25, -0.2) is 5.48 Å². The van der Waals surface area contributed by atoms with Crippen LogP contribution in [0.2, 0.25) is 0 Å². The van der Waals surface area contributed by atoms with E-state index in [0.29, 0.717) is 13.0 Å². The molecule has 5 nitrogen and oxygen atoms in total. The summed E-state index contributed by atoms with van der Waals surface area (Å²) in [6.07, 6.45) is 5.12. The second kappa shape index (κ2) is 5.38. The Morgan fingerprint density at radius 1 is 1.37 bits per heavy atom. The molecule has 0 saturated heterocycles. The van der Waals surface area contributed by atoms with E-state index in [1.807, 2.05) is 20.8 Å². The van der Waals surface area contributed by atoms with E-state index in [0.717, 1.165) is 12.8 Å². The molecule has 0 spiro atoms. The van der Waals surface area contributed by atoms with Gasteiger partial charge >= 0.3 is 0 Å². The van der Waals surface area contributed by atoms with Crippen molar-refractivity contribution in [2.24, 2.45) is 11.1 Å². The van der Waals surface area contributed by atoms with Crippen molar-refractivity contribution in [1.29, 1.82) is 0 Å². The highest BCUT2D eigenvalue weighted by atomic mass is 16.7. The highest BCUT2D eigenvalue weighted by Crippen LogP contribution is 2.49. The van der Waals surface area contributed by atoms with Crippen LogP contribution in [-0.4, -0.2) is 30.3 Å². The van der Waals surface area contributed by atoms with Crippen LogP contribution in [0, 0.1) is 5.41 Å². The quantitative estimate of drug-likeness (QED) is 0.743. The third-order valence-corrected chi connectivity index (χ3v) is 4.86. The number of carbonyl (C=O) groups is 1. The van der Waals surface area contributed by atoms with Crippen molar-refractivity contribution < 1.29 is 14.4 Å². The Hall–Kier alpha value is -0.650. The normalized spacial score (nSPS) is 34.0. The third-order valence-electron chi connectivity index (χ3n) is 4.86. The largest absolute Gasteiger partial charge is 0.378 e. The maximum absolute atomic E-state index is 12.3. The lowest BCUT2D eigenvalue weighted by molar-refractivity contribution is -0.182. The van der Waals surface area contributed by atoms with Crippen molar-refractivity contribution in [3.8, 4) is 0 Å². The highest BCUT2D eigenvalue weighted by Gasteiger charge is 2.63. The van der Waals surface area contributed by atoms with Gasteiger partial charge < -0.3 is 10.5 Å². The van der Waals surface area contributed by atoms with Gasteiger partial charge in [0.05, 0.1) is 12.2 Å². The summed E-state index contributed by atoms with van der Waals surface area (Å²) in [5.41, 5.74) is 7.56.